The molecule has 1 saturated carbocycles. The van der Waals surface area contributed by atoms with Gasteiger partial charge < -0.3 is 9.84 Å². The van der Waals surface area contributed by atoms with Crippen molar-refractivity contribution in [2.75, 3.05) is 13.7 Å². The molecule has 0 bridgehead atoms. The van der Waals surface area contributed by atoms with Crippen molar-refractivity contribution in [3.8, 4) is 5.75 Å². The van der Waals surface area contributed by atoms with Gasteiger partial charge in [-0.05, 0) is 56.4 Å². The van der Waals surface area contributed by atoms with Crippen LogP contribution in [0.3, 0.4) is 0 Å². The molecule has 1 aromatic carbocycles. The van der Waals surface area contributed by atoms with E-state index < -0.39 is 5.60 Å². The van der Waals surface area contributed by atoms with Crippen LogP contribution in [0, 0.1) is 12.8 Å². The highest BCUT2D eigenvalue weighted by molar-refractivity contribution is 5.28. The third kappa shape index (κ3) is 4.06. The number of benzene rings is 1. The lowest BCUT2D eigenvalue weighted by molar-refractivity contribution is -0.124. The van der Waals surface area contributed by atoms with Gasteiger partial charge in [0.05, 0.1) is 18.4 Å². The average molecular weight is 382 g/mol. The Bertz CT molecular complexity index is 795. The predicted octanol–water partition coefficient (Wildman–Crippen LogP) is 3.53. The lowest BCUT2D eigenvalue weighted by Crippen LogP contribution is -2.59. The first-order chi connectivity index (χ1) is 13.6. The summed E-state index contributed by atoms with van der Waals surface area (Å²) in [6.45, 7) is 3.67. The number of piperidine rings is 1. The van der Waals surface area contributed by atoms with Crippen LogP contribution < -0.4 is 4.74 Å². The normalized spacial score (nSPS) is 28.0. The van der Waals surface area contributed by atoms with Crippen LogP contribution >= 0.6 is 0 Å². The van der Waals surface area contributed by atoms with Gasteiger partial charge in [0.25, 0.3) is 0 Å². The fraction of sp³-hybridized carbons (Fsp3) is 0.565. The molecule has 1 aliphatic heterocycles. The lowest BCUT2D eigenvalue weighted by atomic mass is 9.66. The largest absolute Gasteiger partial charge is 0.497 e. The van der Waals surface area contributed by atoms with Gasteiger partial charge in [-0.2, -0.15) is 0 Å². The molecule has 150 valence electrons. The zero-order valence-electron chi connectivity index (χ0n) is 17.0. The average Bonchev–Trinajstić information content (AvgIpc) is 2.70. The molecule has 3 unspecified atom stereocenters. The van der Waals surface area contributed by atoms with Crippen LogP contribution in [0.15, 0.2) is 36.5 Å². The Morgan fingerprint density at radius 2 is 2.00 bits per heavy atom. The van der Waals surface area contributed by atoms with Gasteiger partial charge in [-0.3, -0.25) is 4.90 Å². The van der Waals surface area contributed by atoms with Crippen molar-refractivity contribution in [3.63, 3.8) is 0 Å². The quantitative estimate of drug-likeness (QED) is 0.859. The van der Waals surface area contributed by atoms with E-state index in [1.807, 2.05) is 31.3 Å². The van der Waals surface area contributed by atoms with Gasteiger partial charge in [-0.15, -0.1) is 0 Å². The summed E-state index contributed by atoms with van der Waals surface area (Å²) >= 11 is 0. The number of aliphatic hydroxyl groups is 1. The molecular formula is C23H31N3O2. The molecule has 0 amide bonds. The third-order valence-corrected chi connectivity index (χ3v) is 6.63. The Hall–Kier alpha value is -1.98. The molecule has 5 heteroatoms. The molecule has 3 atom stereocenters. The molecular weight excluding hydrogens is 350 g/mol. The summed E-state index contributed by atoms with van der Waals surface area (Å²) in [6, 6.07) is 10.7. The third-order valence-electron chi connectivity index (χ3n) is 6.63. The SMILES string of the molecule is COc1ccc(CC2C3CCCCC3(O)CCN2Cc2ccnc(C)n2)cc1. The van der Waals surface area contributed by atoms with Crippen LogP contribution in [-0.4, -0.2) is 45.3 Å². The summed E-state index contributed by atoms with van der Waals surface area (Å²) in [7, 11) is 1.70. The van der Waals surface area contributed by atoms with E-state index in [0.29, 0.717) is 12.0 Å². The van der Waals surface area contributed by atoms with Gasteiger partial charge in [0.2, 0.25) is 0 Å². The zero-order valence-corrected chi connectivity index (χ0v) is 17.0. The first kappa shape index (κ1) is 19.3. The maximum absolute atomic E-state index is 11.4. The minimum atomic E-state index is -0.506. The number of likely N-dealkylation sites (tertiary alicyclic amines) is 1. The molecule has 5 nitrogen and oxygen atoms in total. The number of rotatable bonds is 5. The highest BCUT2D eigenvalue weighted by Crippen LogP contribution is 2.44. The van der Waals surface area contributed by atoms with Crippen molar-refractivity contribution in [2.45, 2.75) is 63.6 Å². The van der Waals surface area contributed by atoms with E-state index >= 15 is 0 Å². The Balaban J connectivity index is 1.59. The van der Waals surface area contributed by atoms with Crippen LogP contribution in [-0.2, 0) is 13.0 Å². The van der Waals surface area contributed by atoms with Gasteiger partial charge in [0.1, 0.15) is 11.6 Å². The Kier molecular flexibility index (Phi) is 5.65. The molecule has 1 saturated heterocycles. The molecule has 1 aromatic heterocycles. The number of fused-ring (bicyclic) bond motifs is 1. The second kappa shape index (κ2) is 8.18. The predicted molar refractivity (Wildman–Crippen MR) is 109 cm³/mol. The Morgan fingerprint density at radius 1 is 1.18 bits per heavy atom. The van der Waals surface area contributed by atoms with Crippen molar-refractivity contribution in [1.82, 2.24) is 14.9 Å². The summed E-state index contributed by atoms with van der Waals surface area (Å²) in [5.41, 5.74) is 1.85. The lowest BCUT2D eigenvalue weighted by Gasteiger charge is -2.52. The fourth-order valence-corrected chi connectivity index (χ4v) is 5.14. The Labute approximate surface area is 167 Å². The summed E-state index contributed by atoms with van der Waals surface area (Å²) in [4.78, 5) is 11.4. The Morgan fingerprint density at radius 3 is 2.75 bits per heavy atom. The number of hydrogen-bond acceptors (Lipinski definition) is 5. The molecule has 0 radical (unpaired) electrons. The number of nitrogens with zero attached hydrogens (tertiary/aromatic N) is 3. The second-order valence-corrected chi connectivity index (χ2v) is 8.39. The summed E-state index contributed by atoms with van der Waals surface area (Å²) < 4.78 is 5.31. The first-order valence-electron chi connectivity index (χ1n) is 10.5. The van der Waals surface area contributed by atoms with E-state index in [0.717, 1.165) is 62.5 Å². The standard InChI is InChI=1S/C23H31N3O2/c1-17-24-13-10-19(25-17)16-26-14-12-23(27)11-4-3-5-21(23)22(26)15-18-6-8-20(28-2)9-7-18/h6-10,13,21-22,27H,3-5,11-12,14-16H2,1-2H3. The zero-order chi connectivity index (χ0) is 19.6. The van der Waals surface area contributed by atoms with Gasteiger partial charge in [0.15, 0.2) is 0 Å². The van der Waals surface area contributed by atoms with Crippen LogP contribution in [0.4, 0.5) is 0 Å². The highest BCUT2D eigenvalue weighted by atomic mass is 16.5. The van der Waals surface area contributed by atoms with E-state index in [-0.39, 0.29) is 0 Å². The van der Waals surface area contributed by atoms with E-state index in [4.69, 9.17) is 4.74 Å². The summed E-state index contributed by atoms with van der Waals surface area (Å²) in [6.07, 6.45) is 8.06. The number of ether oxygens (including phenoxy) is 1. The molecule has 0 spiro atoms. The molecule has 4 rings (SSSR count). The topological polar surface area (TPSA) is 58.5 Å². The molecule has 1 N–H and O–H groups in total. The summed E-state index contributed by atoms with van der Waals surface area (Å²) in [5, 5.41) is 11.4. The maximum Gasteiger partial charge on any atom is 0.125 e. The van der Waals surface area contributed by atoms with Gasteiger partial charge in [-0.25, -0.2) is 9.97 Å². The minimum Gasteiger partial charge on any atom is -0.497 e. The van der Waals surface area contributed by atoms with Crippen LogP contribution in [0.2, 0.25) is 0 Å². The highest BCUT2D eigenvalue weighted by Gasteiger charge is 2.48. The fourth-order valence-electron chi connectivity index (χ4n) is 5.14. The van der Waals surface area contributed by atoms with Crippen molar-refractivity contribution in [3.05, 3.63) is 53.6 Å². The minimum absolute atomic E-state index is 0.319. The van der Waals surface area contributed by atoms with E-state index in [9.17, 15) is 5.11 Å². The van der Waals surface area contributed by atoms with Gasteiger partial charge in [-0.1, -0.05) is 25.0 Å². The maximum atomic E-state index is 11.4. The molecule has 2 aromatic rings. The molecule has 2 heterocycles. The second-order valence-electron chi connectivity index (χ2n) is 8.39. The number of aryl methyl sites for hydroxylation is 1. The summed E-state index contributed by atoms with van der Waals surface area (Å²) in [5.74, 6) is 2.02. The number of hydrogen-bond donors (Lipinski definition) is 1. The molecule has 2 aliphatic rings. The smallest absolute Gasteiger partial charge is 0.125 e. The van der Waals surface area contributed by atoms with Crippen molar-refractivity contribution >= 4 is 0 Å². The van der Waals surface area contributed by atoms with Crippen LogP contribution in [0.25, 0.3) is 0 Å². The van der Waals surface area contributed by atoms with Crippen LogP contribution in [0.1, 0.15) is 49.2 Å². The number of methoxy groups -OCH3 is 1. The van der Waals surface area contributed by atoms with Crippen molar-refractivity contribution in [2.24, 2.45) is 5.92 Å². The van der Waals surface area contributed by atoms with E-state index in [1.165, 1.54) is 12.0 Å². The van der Waals surface area contributed by atoms with Crippen molar-refractivity contribution < 1.29 is 9.84 Å². The van der Waals surface area contributed by atoms with Gasteiger partial charge >= 0.3 is 0 Å². The van der Waals surface area contributed by atoms with Crippen LogP contribution in [0.5, 0.6) is 5.75 Å². The molecule has 1 aliphatic carbocycles. The number of aromatic nitrogens is 2. The van der Waals surface area contributed by atoms with Gasteiger partial charge in [0, 0.05) is 31.2 Å². The van der Waals surface area contributed by atoms with E-state index in [1.54, 1.807) is 7.11 Å². The molecule has 28 heavy (non-hydrogen) atoms. The molecule has 2 fully saturated rings. The monoisotopic (exact) mass is 381 g/mol. The van der Waals surface area contributed by atoms with Crippen molar-refractivity contribution in [1.29, 1.82) is 0 Å². The first-order valence-corrected chi connectivity index (χ1v) is 10.5. The van der Waals surface area contributed by atoms with E-state index in [2.05, 4.69) is 27.0 Å².